The van der Waals surface area contributed by atoms with E-state index in [0.717, 1.165) is 32.5 Å². The van der Waals surface area contributed by atoms with Crippen LogP contribution < -0.4 is 5.73 Å². The first-order chi connectivity index (χ1) is 9.08. The van der Waals surface area contributed by atoms with Crippen LogP contribution >= 0.6 is 15.9 Å². The van der Waals surface area contributed by atoms with Gasteiger partial charge in [0.15, 0.2) is 5.82 Å². The number of aryl methyl sites for hydroxylation is 2. The fourth-order valence-corrected chi connectivity index (χ4v) is 2.32. The van der Waals surface area contributed by atoms with E-state index < -0.39 is 0 Å². The molecule has 0 bridgehead atoms. The lowest BCUT2D eigenvalue weighted by Crippen LogP contribution is -2.00. The Bertz CT molecular complexity index is 756. The molecule has 0 spiro atoms. The molecule has 0 saturated carbocycles. The first-order valence-corrected chi connectivity index (χ1v) is 6.65. The van der Waals surface area contributed by atoms with Crippen molar-refractivity contribution < 1.29 is 4.42 Å². The number of aromatic nitrogens is 2. The molecule has 0 aliphatic carbocycles. The van der Waals surface area contributed by atoms with E-state index in [1.807, 2.05) is 38.1 Å². The van der Waals surface area contributed by atoms with Crippen LogP contribution in [0.2, 0.25) is 0 Å². The van der Waals surface area contributed by atoms with Crippen LogP contribution in [0.5, 0.6) is 0 Å². The molecule has 0 amide bonds. The lowest BCUT2D eigenvalue weighted by atomic mass is 10.1. The molecule has 5 heteroatoms. The van der Waals surface area contributed by atoms with Crippen LogP contribution in [0.3, 0.4) is 0 Å². The number of nitrogens with two attached hydrogens (primary N) is 1. The van der Waals surface area contributed by atoms with Gasteiger partial charge in [-0.1, -0.05) is 18.2 Å². The molecule has 0 atom stereocenters. The van der Waals surface area contributed by atoms with Gasteiger partial charge >= 0.3 is 0 Å². The average Bonchev–Trinajstić information content (AvgIpc) is 2.71. The van der Waals surface area contributed by atoms with Crippen molar-refractivity contribution in [3.8, 4) is 11.4 Å². The maximum atomic E-state index is 5.89. The summed E-state index contributed by atoms with van der Waals surface area (Å²) in [6.45, 7) is 3.80. The fourth-order valence-electron chi connectivity index (χ4n) is 2.14. The van der Waals surface area contributed by atoms with E-state index in [-0.39, 0.29) is 0 Å². The third kappa shape index (κ3) is 1.90. The van der Waals surface area contributed by atoms with Gasteiger partial charge in [-0.05, 0) is 35.8 Å². The molecule has 0 radical (unpaired) electrons. The van der Waals surface area contributed by atoms with Crippen molar-refractivity contribution >= 4 is 32.7 Å². The van der Waals surface area contributed by atoms with Crippen LogP contribution in [0.15, 0.2) is 33.2 Å². The number of para-hydroxylation sites is 1. The van der Waals surface area contributed by atoms with Gasteiger partial charge in [-0.2, -0.15) is 0 Å². The molecule has 96 valence electrons. The van der Waals surface area contributed by atoms with Crippen molar-refractivity contribution in [2.45, 2.75) is 13.8 Å². The van der Waals surface area contributed by atoms with Crippen molar-refractivity contribution in [2.75, 3.05) is 5.73 Å². The highest BCUT2D eigenvalue weighted by Crippen LogP contribution is 2.34. The molecule has 3 aromatic rings. The normalized spacial score (nSPS) is 11.1. The summed E-state index contributed by atoms with van der Waals surface area (Å²) in [5, 5.41) is 1.00. The van der Waals surface area contributed by atoms with Crippen LogP contribution in [0.4, 0.5) is 5.82 Å². The fraction of sp³-hybridized carbons (Fsp3) is 0.143. The second kappa shape index (κ2) is 4.35. The Kier molecular flexibility index (Phi) is 2.78. The third-order valence-corrected chi connectivity index (χ3v) is 4.02. The summed E-state index contributed by atoms with van der Waals surface area (Å²) in [5.41, 5.74) is 8.44. The molecule has 3 rings (SSSR count). The maximum Gasteiger partial charge on any atom is 0.165 e. The number of fused-ring (bicyclic) bond motifs is 1. The molecule has 0 saturated heterocycles. The zero-order chi connectivity index (χ0) is 13.6. The Morgan fingerprint density at radius 2 is 1.89 bits per heavy atom. The third-order valence-electron chi connectivity index (χ3n) is 3.04. The lowest BCUT2D eigenvalue weighted by Gasteiger charge is -2.05. The molecule has 4 nitrogen and oxygen atoms in total. The monoisotopic (exact) mass is 317 g/mol. The van der Waals surface area contributed by atoms with Gasteiger partial charge in [0, 0.05) is 5.39 Å². The highest BCUT2D eigenvalue weighted by atomic mass is 79.9. The van der Waals surface area contributed by atoms with Gasteiger partial charge < -0.3 is 10.2 Å². The van der Waals surface area contributed by atoms with Crippen LogP contribution in [-0.2, 0) is 0 Å². The van der Waals surface area contributed by atoms with Crippen molar-refractivity contribution in [3.63, 3.8) is 0 Å². The number of anilines is 1. The number of hydrogen-bond donors (Lipinski definition) is 1. The minimum Gasteiger partial charge on any atom is -0.461 e. The average molecular weight is 318 g/mol. The number of halogens is 1. The molecule has 2 aromatic heterocycles. The number of furan rings is 1. The van der Waals surface area contributed by atoms with Gasteiger partial charge in [-0.15, -0.1) is 0 Å². The maximum absolute atomic E-state index is 5.89. The van der Waals surface area contributed by atoms with Crippen molar-refractivity contribution in [1.29, 1.82) is 0 Å². The van der Waals surface area contributed by atoms with Gasteiger partial charge in [0.2, 0.25) is 0 Å². The second-order valence-electron chi connectivity index (χ2n) is 4.36. The number of rotatable bonds is 1. The number of nitrogen functional groups attached to an aromatic ring is 1. The largest absolute Gasteiger partial charge is 0.461 e. The molecule has 2 N–H and O–H groups in total. The molecule has 0 aliphatic heterocycles. The molecular weight excluding hydrogens is 306 g/mol. The summed E-state index contributed by atoms with van der Waals surface area (Å²) in [4.78, 5) is 8.84. The van der Waals surface area contributed by atoms with Crippen molar-refractivity contribution in [1.82, 2.24) is 9.97 Å². The Morgan fingerprint density at radius 3 is 2.63 bits per heavy atom. The summed E-state index contributed by atoms with van der Waals surface area (Å²) >= 11 is 3.37. The topological polar surface area (TPSA) is 64.9 Å². The van der Waals surface area contributed by atoms with Gasteiger partial charge in [-0.3, -0.25) is 0 Å². The van der Waals surface area contributed by atoms with Gasteiger partial charge in [0.1, 0.15) is 17.2 Å². The van der Waals surface area contributed by atoms with E-state index in [9.17, 15) is 0 Å². The molecule has 1 aromatic carbocycles. The standard InChI is InChI=1S/C14H12BrN3O/c1-7-12(15)13(16)18-14(17-7)11-8(2)19-10-6-4-3-5-9(10)11/h3-6H,1-2H3,(H2,16,17,18). The van der Waals surface area contributed by atoms with E-state index in [4.69, 9.17) is 10.2 Å². The van der Waals surface area contributed by atoms with E-state index in [1.54, 1.807) is 0 Å². The Balaban J connectivity index is 2.33. The highest BCUT2D eigenvalue weighted by molar-refractivity contribution is 9.10. The summed E-state index contributed by atoms with van der Waals surface area (Å²) in [6.07, 6.45) is 0. The van der Waals surface area contributed by atoms with Gasteiger partial charge in [0.05, 0.1) is 15.7 Å². The van der Waals surface area contributed by atoms with E-state index in [0.29, 0.717) is 11.6 Å². The first-order valence-electron chi connectivity index (χ1n) is 5.86. The van der Waals surface area contributed by atoms with Gasteiger partial charge in [0.25, 0.3) is 0 Å². The molecule has 0 unspecified atom stereocenters. The number of benzene rings is 1. The number of hydrogen-bond acceptors (Lipinski definition) is 4. The summed E-state index contributed by atoms with van der Waals surface area (Å²) in [6, 6.07) is 7.84. The zero-order valence-corrected chi connectivity index (χ0v) is 12.2. The number of nitrogens with zero attached hydrogens (tertiary/aromatic N) is 2. The quantitative estimate of drug-likeness (QED) is 0.740. The Hall–Kier alpha value is -1.88. The summed E-state index contributed by atoms with van der Waals surface area (Å²) < 4.78 is 6.47. The lowest BCUT2D eigenvalue weighted by molar-refractivity contribution is 0.579. The minimum absolute atomic E-state index is 0.437. The summed E-state index contributed by atoms with van der Waals surface area (Å²) in [5.74, 6) is 1.83. The van der Waals surface area contributed by atoms with E-state index in [1.165, 1.54) is 0 Å². The first kappa shape index (κ1) is 12.2. The Labute approximate surface area is 118 Å². The second-order valence-corrected chi connectivity index (χ2v) is 5.15. The highest BCUT2D eigenvalue weighted by Gasteiger charge is 2.17. The van der Waals surface area contributed by atoms with E-state index >= 15 is 0 Å². The zero-order valence-electron chi connectivity index (χ0n) is 10.6. The molecular formula is C14H12BrN3O. The summed E-state index contributed by atoms with van der Waals surface area (Å²) in [7, 11) is 0. The molecule has 0 fully saturated rings. The molecule has 0 aliphatic rings. The Morgan fingerprint density at radius 1 is 1.16 bits per heavy atom. The molecule has 19 heavy (non-hydrogen) atoms. The van der Waals surface area contributed by atoms with Crippen LogP contribution in [0.1, 0.15) is 11.5 Å². The predicted molar refractivity (Wildman–Crippen MR) is 78.8 cm³/mol. The van der Waals surface area contributed by atoms with Crippen molar-refractivity contribution in [3.05, 3.63) is 40.2 Å². The van der Waals surface area contributed by atoms with E-state index in [2.05, 4.69) is 25.9 Å². The smallest absolute Gasteiger partial charge is 0.165 e. The molecule has 2 heterocycles. The SMILES string of the molecule is Cc1nc(-c2c(C)oc3ccccc23)nc(N)c1Br. The van der Waals surface area contributed by atoms with Crippen LogP contribution in [0.25, 0.3) is 22.4 Å². The van der Waals surface area contributed by atoms with Gasteiger partial charge in [-0.25, -0.2) is 9.97 Å². The predicted octanol–water partition coefficient (Wildman–Crippen LogP) is 3.85. The van der Waals surface area contributed by atoms with Crippen LogP contribution in [0, 0.1) is 13.8 Å². The van der Waals surface area contributed by atoms with Crippen molar-refractivity contribution in [2.24, 2.45) is 0 Å². The van der Waals surface area contributed by atoms with Crippen LogP contribution in [-0.4, -0.2) is 9.97 Å². The minimum atomic E-state index is 0.437.